The fourth-order valence-electron chi connectivity index (χ4n) is 1.36. The quantitative estimate of drug-likeness (QED) is 0.916. The highest BCUT2D eigenvalue weighted by Gasteiger charge is 2.00. The maximum atomic E-state index is 12.9. The van der Waals surface area contributed by atoms with E-state index < -0.39 is 0 Å². The molecule has 1 N–H and O–H groups in total. The van der Waals surface area contributed by atoms with Crippen molar-refractivity contribution in [3.63, 3.8) is 0 Å². The molecule has 2 aromatic rings. The van der Waals surface area contributed by atoms with Gasteiger partial charge in [-0.2, -0.15) is 0 Å². The topological polar surface area (TPSA) is 24.9 Å². The summed E-state index contributed by atoms with van der Waals surface area (Å²) in [6, 6.07) is 6.97. The van der Waals surface area contributed by atoms with Crippen molar-refractivity contribution in [3.8, 4) is 0 Å². The minimum absolute atomic E-state index is 0.332. The van der Waals surface area contributed by atoms with E-state index in [2.05, 4.69) is 26.2 Å². The van der Waals surface area contributed by atoms with Gasteiger partial charge < -0.3 is 5.32 Å². The molecule has 0 aliphatic heterocycles. The van der Waals surface area contributed by atoms with Crippen molar-refractivity contribution in [2.75, 3.05) is 5.32 Å². The molecule has 5 heteroatoms. The van der Waals surface area contributed by atoms with Gasteiger partial charge in [0.05, 0.1) is 11.2 Å². The lowest BCUT2D eigenvalue weighted by atomic mass is 10.2. The fraction of sp³-hybridized carbons (Fsp3) is 0.0833. The second kappa shape index (κ2) is 5.47. The van der Waals surface area contributed by atoms with Gasteiger partial charge >= 0.3 is 0 Å². The molecule has 0 unspecified atom stereocenters. The fourth-order valence-corrected chi connectivity index (χ4v) is 1.86. The van der Waals surface area contributed by atoms with Gasteiger partial charge in [-0.25, -0.2) is 4.39 Å². The van der Waals surface area contributed by atoms with Crippen LogP contribution in [0.2, 0.25) is 5.02 Å². The highest BCUT2D eigenvalue weighted by atomic mass is 79.9. The Morgan fingerprint density at radius 2 is 2.12 bits per heavy atom. The van der Waals surface area contributed by atoms with E-state index in [1.54, 1.807) is 12.3 Å². The molecule has 2 rings (SSSR count). The van der Waals surface area contributed by atoms with Gasteiger partial charge in [-0.1, -0.05) is 11.6 Å². The lowest BCUT2D eigenvalue weighted by Gasteiger charge is -2.07. The molecule has 0 spiro atoms. The van der Waals surface area contributed by atoms with Crippen molar-refractivity contribution in [2.24, 2.45) is 0 Å². The van der Waals surface area contributed by atoms with Gasteiger partial charge in [0, 0.05) is 22.9 Å². The van der Waals surface area contributed by atoms with Gasteiger partial charge in [0.25, 0.3) is 0 Å². The van der Waals surface area contributed by atoms with E-state index in [0.29, 0.717) is 11.6 Å². The van der Waals surface area contributed by atoms with Crippen LogP contribution in [0.25, 0.3) is 0 Å². The minimum atomic E-state index is -0.332. The van der Waals surface area contributed by atoms with Gasteiger partial charge in [-0.05, 0) is 45.8 Å². The molecule has 0 amide bonds. The number of nitrogens with zero attached hydrogens (tertiary/aromatic N) is 1. The van der Waals surface area contributed by atoms with E-state index in [-0.39, 0.29) is 5.82 Å². The summed E-state index contributed by atoms with van der Waals surface area (Å²) in [5.74, 6) is -0.332. The van der Waals surface area contributed by atoms with Crippen molar-refractivity contribution in [3.05, 3.63) is 57.5 Å². The van der Waals surface area contributed by atoms with Crippen LogP contribution in [0.1, 0.15) is 5.56 Å². The molecule has 0 radical (unpaired) electrons. The van der Waals surface area contributed by atoms with Crippen LogP contribution in [-0.4, -0.2) is 4.98 Å². The maximum absolute atomic E-state index is 12.9. The molecule has 0 aliphatic rings. The molecular formula is C12H9BrClFN2. The zero-order valence-corrected chi connectivity index (χ0v) is 11.1. The largest absolute Gasteiger partial charge is 0.381 e. The molecule has 88 valence electrons. The van der Waals surface area contributed by atoms with Crippen molar-refractivity contribution >= 4 is 33.2 Å². The smallest absolute Gasteiger partial charge is 0.141 e. The van der Waals surface area contributed by atoms with Crippen LogP contribution in [0.4, 0.5) is 10.1 Å². The van der Waals surface area contributed by atoms with Crippen molar-refractivity contribution in [1.29, 1.82) is 0 Å². The first-order valence-corrected chi connectivity index (χ1v) is 6.10. The number of halogens is 3. The highest BCUT2D eigenvalue weighted by Crippen LogP contribution is 2.25. The molecule has 1 aromatic carbocycles. The van der Waals surface area contributed by atoms with Gasteiger partial charge in [0.1, 0.15) is 5.82 Å². The molecule has 1 aromatic heterocycles. The van der Waals surface area contributed by atoms with Crippen LogP contribution in [0.15, 0.2) is 41.1 Å². The molecular weight excluding hydrogens is 307 g/mol. The molecule has 0 bridgehead atoms. The predicted octanol–water partition coefficient (Wildman–Crippen LogP) is 4.25. The van der Waals surface area contributed by atoms with Crippen LogP contribution in [-0.2, 0) is 6.54 Å². The van der Waals surface area contributed by atoms with E-state index in [1.165, 1.54) is 12.3 Å². The first-order chi connectivity index (χ1) is 8.15. The molecule has 2 nitrogen and oxygen atoms in total. The van der Waals surface area contributed by atoms with E-state index in [1.807, 2.05) is 12.1 Å². The van der Waals surface area contributed by atoms with E-state index in [4.69, 9.17) is 11.6 Å². The summed E-state index contributed by atoms with van der Waals surface area (Å²) in [4.78, 5) is 3.78. The highest BCUT2D eigenvalue weighted by molar-refractivity contribution is 9.10. The first kappa shape index (κ1) is 12.3. The minimum Gasteiger partial charge on any atom is -0.381 e. The maximum Gasteiger partial charge on any atom is 0.141 e. The predicted molar refractivity (Wildman–Crippen MR) is 70.7 cm³/mol. The molecule has 0 atom stereocenters. The van der Waals surface area contributed by atoms with Gasteiger partial charge in [-0.3, -0.25) is 4.98 Å². The third-order valence-electron chi connectivity index (χ3n) is 2.18. The summed E-state index contributed by atoms with van der Waals surface area (Å²) in [7, 11) is 0. The third kappa shape index (κ3) is 3.41. The molecule has 17 heavy (non-hydrogen) atoms. The average Bonchev–Trinajstić information content (AvgIpc) is 2.31. The van der Waals surface area contributed by atoms with Crippen molar-refractivity contribution in [2.45, 2.75) is 6.54 Å². The van der Waals surface area contributed by atoms with E-state index in [0.717, 1.165) is 15.7 Å². The summed E-state index contributed by atoms with van der Waals surface area (Å²) in [5.41, 5.74) is 1.70. The number of hydrogen-bond acceptors (Lipinski definition) is 2. The number of benzene rings is 1. The van der Waals surface area contributed by atoms with Gasteiger partial charge in [0.2, 0.25) is 0 Å². The van der Waals surface area contributed by atoms with Crippen LogP contribution in [0.5, 0.6) is 0 Å². The van der Waals surface area contributed by atoms with E-state index in [9.17, 15) is 4.39 Å². The van der Waals surface area contributed by atoms with Crippen LogP contribution >= 0.6 is 27.5 Å². The lowest BCUT2D eigenvalue weighted by Crippen LogP contribution is -2.00. The molecule has 0 fully saturated rings. The number of rotatable bonds is 3. The monoisotopic (exact) mass is 314 g/mol. The second-order valence-corrected chi connectivity index (χ2v) is 4.76. The summed E-state index contributed by atoms with van der Waals surface area (Å²) >= 11 is 9.22. The normalized spacial score (nSPS) is 10.3. The molecule has 0 aliphatic carbocycles. The Labute approximate surface area is 112 Å². The molecule has 0 saturated carbocycles. The molecule has 1 heterocycles. The Bertz CT molecular complexity index is 534. The van der Waals surface area contributed by atoms with Crippen LogP contribution < -0.4 is 5.32 Å². The second-order valence-electron chi connectivity index (χ2n) is 3.49. The van der Waals surface area contributed by atoms with Gasteiger partial charge in [-0.15, -0.1) is 0 Å². The number of nitrogens with one attached hydrogen (secondary N) is 1. The Hall–Kier alpha value is -1.13. The summed E-state index contributed by atoms with van der Waals surface area (Å²) < 4.78 is 13.7. The lowest BCUT2D eigenvalue weighted by molar-refractivity contribution is 0.619. The summed E-state index contributed by atoms with van der Waals surface area (Å²) in [6.07, 6.45) is 2.81. The number of anilines is 1. The standard InChI is InChI=1S/C12H9BrClFN2/c13-11-4-10(1-2-12(11)14)17-6-8-3-9(15)7-16-5-8/h1-5,7,17H,6H2. The average molecular weight is 316 g/mol. The third-order valence-corrected chi connectivity index (χ3v) is 3.39. The number of pyridine rings is 1. The van der Waals surface area contributed by atoms with Crippen LogP contribution in [0, 0.1) is 5.82 Å². The van der Waals surface area contributed by atoms with Crippen molar-refractivity contribution in [1.82, 2.24) is 4.98 Å². The van der Waals surface area contributed by atoms with E-state index >= 15 is 0 Å². The Kier molecular flexibility index (Phi) is 3.97. The zero-order chi connectivity index (χ0) is 12.3. The SMILES string of the molecule is Fc1cncc(CNc2ccc(Cl)c(Br)c2)c1. The molecule has 0 saturated heterocycles. The van der Waals surface area contributed by atoms with Crippen molar-refractivity contribution < 1.29 is 4.39 Å². The summed E-state index contributed by atoms with van der Waals surface area (Å²) in [6.45, 7) is 0.513. The Balaban J connectivity index is 2.05. The Morgan fingerprint density at radius 1 is 1.29 bits per heavy atom. The zero-order valence-electron chi connectivity index (χ0n) is 8.75. The number of hydrogen-bond donors (Lipinski definition) is 1. The summed E-state index contributed by atoms with van der Waals surface area (Å²) in [5, 5.41) is 3.82. The van der Waals surface area contributed by atoms with Crippen LogP contribution in [0.3, 0.4) is 0 Å². The Morgan fingerprint density at radius 3 is 2.82 bits per heavy atom. The van der Waals surface area contributed by atoms with Gasteiger partial charge in [0.15, 0.2) is 0 Å². The number of aromatic nitrogens is 1. The first-order valence-electron chi connectivity index (χ1n) is 4.93.